The molecule has 1 aromatic carbocycles. The van der Waals surface area contributed by atoms with Crippen molar-refractivity contribution >= 4 is 23.6 Å². The fraction of sp³-hybridized carbons (Fsp3) is 0.286. The summed E-state index contributed by atoms with van der Waals surface area (Å²) in [6.45, 7) is 1.40. The van der Waals surface area contributed by atoms with Crippen LogP contribution in [0.5, 0.6) is 0 Å². The van der Waals surface area contributed by atoms with Crippen LogP contribution in [0.4, 0.5) is 4.79 Å². The Kier molecular flexibility index (Phi) is 3.93. The summed E-state index contributed by atoms with van der Waals surface area (Å²) in [7, 11) is 0. The number of benzene rings is 1. The highest BCUT2D eigenvalue weighted by molar-refractivity contribution is 6.16. The van der Waals surface area contributed by atoms with Crippen LogP contribution in [0.15, 0.2) is 30.3 Å². The molecule has 0 radical (unpaired) electrons. The Bertz CT molecular complexity index is 548. The largest absolute Gasteiger partial charge is 0.328 e. The third-order valence-electron chi connectivity index (χ3n) is 3.18. The van der Waals surface area contributed by atoms with Crippen LogP contribution in [0.2, 0.25) is 0 Å². The number of hydrogen-bond donors (Lipinski definition) is 2. The van der Waals surface area contributed by atoms with Gasteiger partial charge in [0, 0.05) is 12.3 Å². The fourth-order valence-electron chi connectivity index (χ4n) is 2.33. The van der Waals surface area contributed by atoms with E-state index in [-0.39, 0.29) is 12.2 Å². The molecule has 0 unspecified atom stereocenters. The Labute approximate surface area is 115 Å². The summed E-state index contributed by atoms with van der Waals surface area (Å²) in [6.07, 6.45) is 0.0592. The van der Waals surface area contributed by atoms with E-state index in [1.165, 1.54) is 6.92 Å². The Morgan fingerprint density at radius 3 is 2.15 bits per heavy atom. The van der Waals surface area contributed by atoms with Crippen molar-refractivity contribution in [2.45, 2.75) is 19.3 Å². The van der Waals surface area contributed by atoms with Crippen molar-refractivity contribution in [3.8, 4) is 0 Å². The van der Waals surface area contributed by atoms with Gasteiger partial charge in [-0.15, -0.1) is 0 Å². The number of barbiturate groups is 1. The van der Waals surface area contributed by atoms with Gasteiger partial charge in [-0.05, 0) is 12.5 Å². The fourth-order valence-corrected chi connectivity index (χ4v) is 2.33. The van der Waals surface area contributed by atoms with Gasteiger partial charge in [0.25, 0.3) is 0 Å². The summed E-state index contributed by atoms with van der Waals surface area (Å²) in [5.41, 5.74) is 0.715. The minimum atomic E-state index is -1.08. The predicted octanol–water partition coefficient (Wildman–Crippen LogP) is 0.731. The van der Waals surface area contributed by atoms with Crippen LogP contribution in [-0.4, -0.2) is 23.6 Å². The Morgan fingerprint density at radius 2 is 1.65 bits per heavy atom. The smallest absolute Gasteiger partial charge is 0.300 e. The molecule has 0 bridgehead atoms. The predicted molar refractivity (Wildman–Crippen MR) is 69.7 cm³/mol. The monoisotopic (exact) mass is 274 g/mol. The number of carbonyl (C=O) groups is 4. The second-order valence-corrected chi connectivity index (χ2v) is 4.71. The molecule has 1 heterocycles. The molecule has 0 aliphatic carbocycles. The van der Waals surface area contributed by atoms with Crippen LogP contribution in [0.1, 0.15) is 24.8 Å². The van der Waals surface area contributed by atoms with Crippen LogP contribution in [0, 0.1) is 5.92 Å². The van der Waals surface area contributed by atoms with E-state index in [0.29, 0.717) is 5.56 Å². The maximum absolute atomic E-state index is 11.9. The molecule has 104 valence electrons. The molecule has 6 heteroatoms. The number of nitrogens with one attached hydrogen (secondary N) is 2. The zero-order chi connectivity index (χ0) is 14.7. The lowest BCUT2D eigenvalue weighted by Crippen LogP contribution is -2.57. The van der Waals surface area contributed by atoms with Gasteiger partial charge >= 0.3 is 6.03 Å². The summed E-state index contributed by atoms with van der Waals surface area (Å²) in [4.78, 5) is 46.3. The van der Waals surface area contributed by atoms with E-state index in [1.807, 2.05) is 0 Å². The minimum Gasteiger partial charge on any atom is -0.300 e. The molecule has 6 nitrogen and oxygen atoms in total. The standard InChI is InChI=1S/C14H14N2O4/c1-8(17)7-10(9-5-3-2-4-6-9)11-12(18)15-14(20)16-13(11)19/h2-6,10-11H,7H2,1H3,(H2,15,16,18,19,20)/t10-/m0/s1. The number of rotatable bonds is 4. The summed E-state index contributed by atoms with van der Waals surface area (Å²) < 4.78 is 0. The van der Waals surface area contributed by atoms with Crippen molar-refractivity contribution < 1.29 is 19.2 Å². The molecular formula is C14H14N2O4. The molecule has 1 aliphatic rings. The van der Waals surface area contributed by atoms with Crippen molar-refractivity contribution in [2.75, 3.05) is 0 Å². The van der Waals surface area contributed by atoms with Gasteiger partial charge in [-0.1, -0.05) is 30.3 Å². The lowest BCUT2D eigenvalue weighted by Gasteiger charge is -2.27. The van der Waals surface area contributed by atoms with E-state index in [1.54, 1.807) is 30.3 Å². The molecule has 20 heavy (non-hydrogen) atoms. The van der Waals surface area contributed by atoms with Gasteiger partial charge in [0.2, 0.25) is 11.8 Å². The number of amides is 4. The number of urea groups is 1. The van der Waals surface area contributed by atoms with Crippen molar-refractivity contribution in [1.29, 1.82) is 0 Å². The van der Waals surface area contributed by atoms with E-state index in [0.717, 1.165) is 0 Å². The summed E-state index contributed by atoms with van der Waals surface area (Å²) >= 11 is 0. The summed E-state index contributed by atoms with van der Waals surface area (Å²) in [5, 5.41) is 4.12. The third kappa shape index (κ3) is 2.90. The van der Waals surface area contributed by atoms with Gasteiger partial charge in [-0.25, -0.2) is 4.79 Å². The van der Waals surface area contributed by atoms with Gasteiger partial charge in [0.05, 0.1) is 0 Å². The Balaban J connectivity index is 2.36. The SMILES string of the molecule is CC(=O)C[C@@H](c1ccccc1)C1C(=O)NC(=O)NC1=O. The lowest BCUT2D eigenvalue weighted by atomic mass is 9.81. The second-order valence-electron chi connectivity index (χ2n) is 4.71. The normalized spacial score (nSPS) is 17.4. The van der Waals surface area contributed by atoms with Crippen LogP contribution in [0.25, 0.3) is 0 Å². The third-order valence-corrected chi connectivity index (χ3v) is 3.18. The van der Waals surface area contributed by atoms with Crippen molar-refractivity contribution in [3.05, 3.63) is 35.9 Å². The lowest BCUT2D eigenvalue weighted by molar-refractivity contribution is -0.137. The van der Waals surface area contributed by atoms with E-state index < -0.39 is 29.7 Å². The number of ketones is 1. The maximum Gasteiger partial charge on any atom is 0.328 e. The molecule has 4 amide bonds. The molecule has 2 rings (SSSR count). The number of Topliss-reactive ketones (excluding diaryl/α,β-unsaturated/α-hetero) is 1. The number of carbonyl (C=O) groups excluding carboxylic acids is 4. The molecule has 2 N–H and O–H groups in total. The van der Waals surface area contributed by atoms with E-state index in [4.69, 9.17) is 0 Å². The van der Waals surface area contributed by atoms with Crippen LogP contribution < -0.4 is 10.6 Å². The quantitative estimate of drug-likeness (QED) is 0.792. The van der Waals surface area contributed by atoms with E-state index in [9.17, 15) is 19.2 Å². The van der Waals surface area contributed by atoms with E-state index in [2.05, 4.69) is 10.6 Å². The van der Waals surface area contributed by atoms with Crippen molar-refractivity contribution in [1.82, 2.24) is 10.6 Å². The minimum absolute atomic E-state index is 0.0592. The molecule has 1 aliphatic heterocycles. The molecule has 1 atom stereocenters. The van der Waals surface area contributed by atoms with Gasteiger partial charge in [0.15, 0.2) is 0 Å². The molecule has 0 spiro atoms. The molecule has 1 saturated heterocycles. The van der Waals surface area contributed by atoms with Crippen LogP contribution in [0.3, 0.4) is 0 Å². The first-order valence-corrected chi connectivity index (χ1v) is 6.19. The zero-order valence-electron chi connectivity index (χ0n) is 10.9. The Hall–Kier alpha value is -2.50. The first kappa shape index (κ1) is 13.9. The maximum atomic E-state index is 11.9. The number of hydrogen-bond acceptors (Lipinski definition) is 4. The average molecular weight is 274 g/mol. The zero-order valence-corrected chi connectivity index (χ0v) is 10.9. The average Bonchev–Trinajstić information content (AvgIpc) is 2.37. The highest BCUT2D eigenvalue weighted by Gasteiger charge is 2.41. The summed E-state index contributed by atoms with van der Waals surface area (Å²) in [6, 6.07) is 8.03. The highest BCUT2D eigenvalue weighted by Crippen LogP contribution is 2.30. The summed E-state index contributed by atoms with van der Waals surface area (Å²) in [5.74, 6) is -3.14. The molecule has 0 saturated carbocycles. The van der Waals surface area contributed by atoms with Crippen molar-refractivity contribution in [3.63, 3.8) is 0 Å². The molecule has 1 aromatic rings. The highest BCUT2D eigenvalue weighted by atomic mass is 16.2. The number of imide groups is 2. The van der Waals surface area contributed by atoms with Gasteiger partial charge in [-0.3, -0.25) is 20.2 Å². The first-order chi connectivity index (χ1) is 9.49. The van der Waals surface area contributed by atoms with Crippen LogP contribution in [-0.2, 0) is 14.4 Å². The van der Waals surface area contributed by atoms with Crippen molar-refractivity contribution in [2.24, 2.45) is 5.92 Å². The molecular weight excluding hydrogens is 260 g/mol. The first-order valence-electron chi connectivity index (χ1n) is 6.19. The molecule has 0 aromatic heterocycles. The second kappa shape index (κ2) is 5.64. The molecule has 1 fully saturated rings. The Morgan fingerprint density at radius 1 is 1.10 bits per heavy atom. The van der Waals surface area contributed by atoms with E-state index >= 15 is 0 Å². The topological polar surface area (TPSA) is 92.3 Å². The van der Waals surface area contributed by atoms with Crippen LogP contribution >= 0.6 is 0 Å². The van der Waals surface area contributed by atoms with Gasteiger partial charge < -0.3 is 4.79 Å². The van der Waals surface area contributed by atoms with Gasteiger partial charge in [0.1, 0.15) is 11.7 Å². The van der Waals surface area contributed by atoms with Gasteiger partial charge in [-0.2, -0.15) is 0 Å².